The first-order valence-corrected chi connectivity index (χ1v) is 6.87. The summed E-state index contributed by atoms with van der Waals surface area (Å²) in [6.45, 7) is 4.58. The predicted octanol–water partition coefficient (Wildman–Crippen LogP) is 0.910. The fourth-order valence-corrected chi connectivity index (χ4v) is 1.13. The van der Waals surface area contributed by atoms with Crippen LogP contribution in [0.4, 0.5) is 11.4 Å². The molecule has 9 heteroatoms. The molecular weight excluding hydrogens is 332 g/mol. The van der Waals surface area contributed by atoms with Crippen LogP contribution in [0.25, 0.3) is 0 Å². The van der Waals surface area contributed by atoms with Crippen molar-refractivity contribution in [1.29, 1.82) is 0 Å². The number of hydrogen-bond acceptors (Lipinski definition) is 8. The van der Waals surface area contributed by atoms with Gasteiger partial charge in [-0.05, 0) is 24.6 Å². The fourth-order valence-electron chi connectivity index (χ4n) is 1.13. The first-order chi connectivity index (χ1) is 11.9. The van der Waals surface area contributed by atoms with Gasteiger partial charge in [-0.15, -0.1) is 0 Å². The van der Waals surface area contributed by atoms with Crippen LogP contribution in [0.15, 0.2) is 40.3 Å². The monoisotopic (exact) mass is 352 g/mol. The van der Waals surface area contributed by atoms with Gasteiger partial charge < -0.3 is 20.4 Å². The Hall–Kier alpha value is -2.93. The highest BCUT2D eigenvalue weighted by molar-refractivity contribution is 5.85. The van der Waals surface area contributed by atoms with Crippen molar-refractivity contribution in [3.63, 3.8) is 0 Å². The molecule has 25 heavy (non-hydrogen) atoms. The number of hydrogen-bond donors (Lipinski definition) is 4. The van der Waals surface area contributed by atoms with Gasteiger partial charge >= 0.3 is 5.97 Å². The van der Waals surface area contributed by atoms with Crippen LogP contribution in [0.2, 0.25) is 0 Å². The number of aliphatic carboxylic acids is 1. The second kappa shape index (κ2) is 15.9. The van der Waals surface area contributed by atoms with Gasteiger partial charge in [0.2, 0.25) is 12.2 Å². The first kappa shape index (κ1) is 24.3. The zero-order valence-corrected chi connectivity index (χ0v) is 13.7. The quantitative estimate of drug-likeness (QED) is 0.336. The molecule has 0 saturated heterocycles. The van der Waals surface area contributed by atoms with E-state index in [1.165, 1.54) is 18.2 Å². The maximum atomic E-state index is 10.00. The Kier molecular flexibility index (Phi) is 15.5. The average molecular weight is 352 g/mol. The summed E-state index contributed by atoms with van der Waals surface area (Å²) in [5.41, 5.74) is 1.77. The van der Waals surface area contributed by atoms with Crippen LogP contribution in [0, 0.1) is 6.92 Å². The van der Waals surface area contributed by atoms with Crippen LogP contribution in [-0.4, -0.2) is 58.4 Å². The molecule has 0 aliphatic carbocycles. The standard InChI is InChI=1S/C9H6N2O2.C5H8O3.C2H6O2/c1-7-2-3-8(10-5-12)4-9(7)11-6-13;1-4(2-3-6)5(7)8;3-1-2-4/h2-4H,1H3;6H,1-3H2,(H,7,8);3-4H,1-2H2. The normalized spacial score (nSPS) is 8.32. The van der Waals surface area contributed by atoms with Crippen molar-refractivity contribution >= 4 is 29.5 Å². The number of aliphatic hydroxyl groups excluding tert-OH is 3. The highest BCUT2D eigenvalue weighted by atomic mass is 16.4. The van der Waals surface area contributed by atoms with E-state index < -0.39 is 5.97 Å². The Morgan fingerprint density at radius 3 is 2.00 bits per heavy atom. The van der Waals surface area contributed by atoms with Crippen molar-refractivity contribution in [1.82, 2.24) is 0 Å². The molecular formula is C16H20N2O7. The minimum atomic E-state index is -1.04. The Labute approximate surface area is 144 Å². The fraction of sp³-hybridized carbons (Fsp3) is 0.312. The van der Waals surface area contributed by atoms with E-state index in [2.05, 4.69) is 16.6 Å². The number of carboxylic acid groups (broad SMARTS) is 1. The van der Waals surface area contributed by atoms with Gasteiger partial charge in [0.1, 0.15) is 0 Å². The van der Waals surface area contributed by atoms with E-state index in [0.717, 1.165) is 5.56 Å². The van der Waals surface area contributed by atoms with E-state index >= 15 is 0 Å². The van der Waals surface area contributed by atoms with E-state index in [4.69, 9.17) is 20.4 Å². The Morgan fingerprint density at radius 1 is 1.08 bits per heavy atom. The van der Waals surface area contributed by atoms with Gasteiger partial charge in [-0.1, -0.05) is 12.6 Å². The Balaban J connectivity index is 0. The van der Waals surface area contributed by atoms with E-state index in [0.29, 0.717) is 11.4 Å². The van der Waals surface area contributed by atoms with Crippen molar-refractivity contribution < 1.29 is 34.8 Å². The first-order valence-electron chi connectivity index (χ1n) is 6.87. The van der Waals surface area contributed by atoms with Crippen molar-refractivity contribution in [3.05, 3.63) is 35.9 Å². The molecule has 0 saturated carbocycles. The van der Waals surface area contributed by atoms with Crippen molar-refractivity contribution in [2.24, 2.45) is 9.98 Å². The Morgan fingerprint density at radius 2 is 1.64 bits per heavy atom. The molecule has 9 nitrogen and oxygen atoms in total. The molecule has 1 aromatic carbocycles. The zero-order valence-electron chi connectivity index (χ0n) is 13.7. The number of aliphatic imine (C=N–C) groups is 2. The molecule has 136 valence electrons. The zero-order chi connectivity index (χ0) is 19.7. The molecule has 0 atom stereocenters. The minimum absolute atomic E-state index is 0.0486. The molecule has 0 radical (unpaired) electrons. The molecule has 0 aliphatic heterocycles. The largest absolute Gasteiger partial charge is 0.478 e. The third kappa shape index (κ3) is 13.2. The van der Waals surface area contributed by atoms with Crippen LogP contribution < -0.4 is 0 Å². The summed E-state index contributed by atoms with van der Waals surface area (Å²) in [4.78, 5) is 36.7. The summed E-state index contributed by atoms with van der Waals surface area (Å²) in [7, 11) is 0. The van der Waals surface area contributed by atoms with Gasteiger partial charge in [0, 0.05) is 18.6 Å². The molecule has 0 bridgehead atoms. The second-order valence-corrected chi connectivity index (χ2v) is 4.21. The molecule has 1 rings (SSSR count). The van der Waals surface area contributed by atoms with Gasteiger partial charge in [0.05, 0.1) is 24.6 Å². The predicted molar refractivity (Wildman–Crippen MR) is 89.4 cm³/mol. The number of isocyanates is 2. The summed E-state index contributed by atoms with van der Waals surface area (Å²) in [5, 5.41) is 31.5. The van der Waals surface area contributed by atoms with E-state index in [-0.39, 0.29) is 31.8 Å². The second-order valence-electron chi connectivity index (χ2n) is 4.21. The number of benzene rings is 1. The molecule has 0 spiro atoms. The molecule has 0 amide bonds. The number of aryl methyl sites for hydroxylation is 1. The summed E-state index contributed by atoms with van der Waals surface area (Å²) < 4.78 is 0. The molecule has 4 N–H and O–H groups in total. The van der Waals surface area contributed by atoms with Crippen LogP contribution in [0.5, 0.6) is 0 Å². The number of rotatable bonds is 6. The van der Waals surface area contributed by atoms with Gasteiger partial charge in [-0.2, -0.15) is 9.98 Å². The lowest BCUT2D eigenvalue weighted by Crippen LogP contribution is -2.00. The SMILES string of the molecule is C=C(CCO)C(=O)O.Cc1ccc(N=C=O)cc1N=C=O.OCCO. The van der Waals surface area contributed by atoms with E-state index in [1.807, 2.05) is 0 Å². The number of aliphatic hydroxyl groups is 3. The molecule has 0 unspecified atom stereocenters. The topological polar surface area (TPSA) is 157 Å². The Bertz CT molecular complexity index is 644. The van der Waals surface area contributed by atoms with Crippen LogP contribution in [0.3, 0.4) is 0 Å². The molecule has 1 aromatic rings. The van der Waals surface area contributed by atoms with E-state index in [9.17, 15) is 14.4 Å². The third-order valence-electron chi connectivity index (χ3n) is 2.35. The van der Waals surface area contributed by atoms with E-state index in [1.54, 1.807) is 19.1 Å². The number of carbonyl (C=O) groups is 1. The maximum absolute atomic E-state index is 10.00. The lowest BCUT2D eigenvalue weighted by molar-refractivity contribution is -0.132. The van der Waals surface area contributed by atoms with Crippen LogP contribution in [-0.2, 0) is 14.4 Å². The number of carboxylic acids is 1. The average Bonchev–Trinajstić information content (AvgIpc) is 2.59. The highest BCUT2D eigenvalue weighted by Crippen LogP contribution is 2.23. The molecule has 0 aromatic heterocycles. The van der Waals surface area contributed by atoms with Crippen molar-refractivity contribution in [3.8, 4) is 0 Å². The minimum Gasteiger partial charge on any atom is -0.478 e. The lowest BCUT2D eigenvalue weighted by Gasteiger charge is -1.97. The van der Waals surface area contributed by atoms with Crippen LogP contribution in [0.1, 0.15) is 12.0 Å². The summed E-state index contributed by atoms with van der Waals surface area (Å²) >= 11 is 0. The molecule has 0 aliphatic rings. The van der Waals surface area contributed by atoms with Crippen LogP contribution >= 0.6 is 0 Å². The summed E-state index contributed by atoms with van der Waals surface area (Å²) in [5.74, 6) is -1.04. The van der Waals surface area contributed by atoms with Crippen molar-refractivity contribution in [2.45, 2.75) is 13.3 Å². The maximum Gasteiger partial charge on any atom is 0.331 e. The van der Waals surface area contributed by atoms with Gasteiger partial charge in [0.15, 0.2) is 0 Å². The summed E-state index contributed by atoms with van der Waals surface area (Å²) in [6.07, 6.45) is 2.98. The highest BCUT2D eigenvalue weighted by Gasteiger charge is 2.00. The molecule has 0 heterocycles. The number of nitrogens with zero attached hydrogens (tertiary/aromatic N) is 2. The van der Waals surface area contributed by atoms with Gasteiger partial charge in [0.25, 0.3) is 0 Å². The van der Waals surface area contributed by atoms with Crippen molar-refractivity contribution in [2.75, 3.05) is 19.8 Å². The van der Waals surface area contributed by atoms with Gasteiger partial charge in [-0.25, -0.2) is 14.4 Å². The van der Waals surface area contributed by atoms with Gasteiger partial charge in [-0.3, -0.25) is 0 Å². The lowest BCUT2D eigenvalue weighted by atomic mass is 10.2. The third-order valence-corrected chi connectivity index (χ3v) is 2.35. The smallest absolute Gasteiger partial charge is 0.331 e. The summed E-state index contributed by atoms with van der Waals surface area (Å²) in [6, 6.07) is 4.88. The molecule has 0 fully saturated rings. The number of carbonyl (C=O) groups excluding carboxylic acids is 2.